The average molecular weight is 683 g/mol. The molecule has 2 aliphatic heterocycles. The third-order valence-corrected chi connectivity index (χ3v) is 9.58. The Kier molecular flexibility index (Phi) is 10.9. The highest BCUT2D eigenvalue weighted by Gasteiger charge is 2.62. The van der Waals surface area contributed by atoms with Gasteiger partial charge in [0.15, 0.2) is 0 Å². The van der Waals surface area contributed by atoms with E-state index in [1.807, 2.05) is 39.0 Å². The fraction of sp³-hybridized carbons (Fsp3) is 0.639. The van der Waals surface area contributed by atoms with Crippen LogP contribution in [0.25, 0.3) is 10.9 Å². The van der Waals surface area contributed by atoms with Crippen molar-refractivity contribution in [3.63, 3.8) is 0 Å². The second-order valence-corrected chi connectivity index (χ2v) is 14.2. The number of benzene rings is 1. The molecule has 0 bridgehead atoms. The molecule has 0 unspecified atom stereocenters. The standard InChI is InChI=1S/C36H50N4O9/c1-8-23-19-36(23,33(43)45-7)39-31(41)26-17-24(48-27-18-28(47-9-2)37-29-21(3)11-10-12-25(27)29)20-40(26)32(42)30(22-13-15-46-16-14-22)38-34(44)49-35(4,5)6/h10-12,18,22-24,26,30H,8-9,13-17,19-20H2,1-7H3,(H,38,44)(H,39,41)/t23-,24-,26+,30+,36-/m1/s1. The summed E-state index contributed by atoms with van der Waals surface area (Å²) in [4.78, 5) is 60.9. The predicted octanol–water partition coefficient (Wildman–Crippen LogP) is 4.07. The molecule has 2 aromatic rings. The van der Waals surface area contributed by atoms with Crippen molar-refractivity contribution in [1.29, 1.82) is 0 Å². The number of hydrogen-bond acceptors (Lipinski definition) is 10. The number of aryl methyl sites for hydroxylation is 1. The molecule has 13 nitrogen and oxygen atoms in total. The molecule has 268 valence electrons. The second kappa shape index (κ2) is 14.8. The number of likely N-dealkylation sites (tertiary alicyclic amines) is 1. The number of amides is 3. The Morgan fingerprint density at radius 2 is 1.88 bits per heavy atom. The lowest BCUT2D eigenvalue weighted by molar-refractivity contribution is -0.148. The van der Waals surface area contributed by atoms with Crippen LogP contribution in [0, 0.1) is 18.8 Å². The third kappa shape index (κ3) is 8.03. The molecular weight excluding hydrogens is 632 g/mol. The summed E-state index contributed by atoms with van der Waals surface area (Å²) in [7, 11) is 1.30. The minimum Gasteiger partial charge on any atom is -0.488 e. The fourth-order valence-electron chi connectivity index (χ4n) is 7.02. The first kappa shape index (κ1) is 36.2. The van der Waals surface area contributed by atoms with Gasteiger partial charge in [0, 0.05) is 31.1 Å². The Balaban J connectivity index is 1.48. The largest absolute Gasteiger partial charge is 0.488 e. The lowest BCUT2D eigenvalue weighted by atomic mass is 9.90. The Bertz CT molecular complexity index is 1550. The SMILES string of the molecule is CCOc1cc(O[C@@H]2C[C@@H](C(=O)N[C@]3(C(=O)OC)C[C@H]3CC)N(C(=O)[C@@H](NC(=O)OC(C)(C)C)C3CCOCC3)C2)c2cccc(C)c2n1. The first-order valence-electron chi connectivity index (χ1n) is 17.3. The number of ether oxygens (including phenoxy) is 5. The molecule has 1 aromatic heterocycles. The highest BCUT2D eigenvalue weighted by molar-refractivity contribution is 5.96. The van der Waals surface area contributed by atoms with Gasteiger partial charge in [-0.15, -0.1) is 0 Å². The van der Waals surface area contributed by atoms with Gasteiger partial charge in [-0.3, -0.25) is 9.59 Å². The number of hydrogen-bond donors (Lipinski definition) is 2. The normalized spacial score (nSPS) is 24.6. The Morgan fingerprint density at radius 3 is 2.51 bits per heavy atom. The zero-order valence-corrected chi connectivity index (χ0v) is 29.6. The topological polar surface area (TPSA) is 155 Å². The Hall–Kier alpha value is -4.13. The molecule has 13 heteroatoms. The van der Waals surface area contributed by atoms with E-state index in [4.69, 9.17) is 23.7 Å². The predicted molar refractivity (Wildman–Crippen MR) is 180 cm³/mol. The molecular formula is C36H50N4O9. The summed E-state index contributed by atoms with van der Waals surface area (Å²) in [6, 6.07) is 5.55. The molecule has 5 atom stereocenters. The van der Waals surface area contributed by atoms with Gasteiger partial charge in [-0.2, -0.15) is 0 Å². The summed E-state index contributed by atoms with van der Waals surface area (Å²) in [6.07, 6.45) is 1.05. The van der Waals surface area contributed by atoms with E-state index in [0.717, 1.165) is 16.5 Å². The van der Waals surface area contributed by atoms with E-state index in [0.29, 0.717) is 57.1 Å². The van der Waals surface area contributed by atoms with E-state index < -0.39 is 53.2 Å². The minimum absolute atomic E-state index is 0.0642. The summed E-state index contributed by atoms with van der Waals surface area (Å²) in [5, 5.41) is 6.55. The first-order valence-corrected chi connectivity index (χ1v) is 17.3. The van der Waals surface area contributed by atoms with Crippen LogP contribution in [0.4, 0.5) is 4.79 Å². The number of aromatic nitrogens is 1. The number of esters is 1. The number of rotatable bonds is 11. The molecule has 3 aliphatic rings. The van der Waals surface area contributed by atoms with Crippen LogP contribution in [-0.2, 0) is 28.6 Å². The number of nitrogens with one attached hydrogen (secondary N) is 2. The molecule has 3 fully saturated rings. The Labute approximate surface area is 287 Å². The number of alkyl carbamates (subject to hydrolysis) is 1. The molecule has 5 rings (SSSR count). The van der Waals surface area contributed by atoms with E-state index in [2.05, 4.69) is 15.6 Å². The molecule has 3 heterocycles. The maximum atomic E-state index is 14.6. The Morgan fingerprint density at radius 1 is 1.14 bits per heavy atom. The summed E-state index contributed by atoms with van der Waals surface area (Å²) in [6.45, 7) is 12.4. The van der Waals surface area contributed by atoms with E-state index >= 15 is 0 Å². The van der Waals surface area contributed by atoms with Gasteiger partial charge in [0.05, 0.1) is 25.8 Å². The number of carbonyl (C=O) groups is 4. The van der Waals surface area contributed by atoms with E-state index in [9.17, 15) is 19.2 Å². The van der Waals surface area contributed by atoms with Crippen LogP contribution >= 0.6 is 0 Å². The molecule has 1 aromatic carbocycles. The number of fused-ring (bicyclic) bond motifs is 1. The monoisotopic (exact) mass is 682 g/mol. The van der Waals surface area contributed by atoms with E-state index in [-0.39, 0.29) is 24.8 Å². The summed E-state index contributed by atoms with van der Waals surface area (Å²) < 4.78 is 28.5. The zero-order chi connectivity index (χ0) is 35.5. The van der Waals surface area contributed by atoms with E-state index in [1.165, 1.54) is 12.0 Å². The minimum atomic E-state index is -1.14. The zero-order valence-electron chi connectivity index (χ0n) is 29.6. The van der Waals surface area contributed by atoms with Gasteiger partial charge >= 0.3 is 12.1 Å². The summed E-state index contributed by atoms with van der Waals surface area (Å²) in [5.74, 6) is -0.812. The van der Waals surface area contributed by atoms with Crippen molar-refractivity contribution in [3.05, 3.63) is 29.8 Å². The number of carbonyl (C=O) groups excluding carboxylic acids is 4. The van der Waals surface area contributed by atoms with Crippen molar-refractivity contribution in [2.45, 2.75) is 103 Å². The van der Waals surface area contributed by atoms with Gasteiger partial charge in [0.2, 0.25) is 17.7 Å². The van der Waals surface area contributed by atoms with Gasteiger partial charge in [-0.25, -0.2) is 14.6 Å². The number of pyridine rings is 1. The van der Waals surface area contributed by atoms with Crippen LogP contribution in [0.2, 0.25) is 0 Å². The third-order valence-electron chi connectivity index (χ3n) is 9.58. The van der Waals surface area contributed by atoms with Crippen molar-refractivity contribution >= 4 is 34.8 Å². The lowest BCUT2D eigenvalue weighted by Gasteiger charge is -2.35. The molecule has 3 amide bonds. The number of para-hydroxylation sites is 1. The van der Waals surface area contributed by atoms with Gasteiger partial charge in [-0.1, -0.05) is 25.5 Å². The smallest absolute Gasteiger partial charge is 0.408 e. The van der Waals surface area contributed by atoms with Crippen LogP contribution in [0.1, 0.15) is 72.3 Å². The van der Waals surface area contributed by atoms with Crippen molar-refractivity contribution < 1.29 is 42.9 Å². The van der Waals surface area contributed by atoms with Crippen molar-refractivity contribution in [2.24, 2.45) is 11.8 Å². The van der Waals surface area contributed by atoms with Gasteiger partial charge in [-0.05, 0) is 77.3 Å². The van der Waals surface area contributed by atoms with E-state index in [1.54, 1.807) is 26.8 Å². The molecule has 0 spiro atoms. The highest BCUT2D eigenvalue weighted by atomic mass is 16.6. The quantitative estimate of drug-likeness (QED) is 0.332. The number of nitrogens with zero attached hydrogens (tertiary/aromatic N) is 2. The van der Waals surface area contributed by atoms with Crippen molar-refractivity contribution in [3.8, 4) is 11.6 Å². The average Bonchev–Trinajstić information content (AvgIpc) is 3.61. The maximum Gasteiger partial charge on any atom is 0.408 e. The van der Waals surface area contributed by atoms with Gasteiger partial charge < -0.3 is 39.2 Å². The second-order valence-electron chi connectivity index (χ2n) is 14.2. The van der Waals surface area contributed by atoms with Crippen LogP contribution < -0.4 is 20.1 Å². The summed E-state index contributed by atoms with van der Waals surface area (Å²) in [5.41, 5.74) is -0.255. The molecule has 2 saturated heterocycles. The highest BCUT2D eigenvalue weighted by Crippen LogP contribution is 2.47. The van der Waals surface area contributed by atoms with Crippen LogP contribution in [0.15, 0.2) is 24.3 Å². The molecule has 1 saturated carbocycles. The van der Waals surface area contributed by atoms with Crippen molar-refractivity contribution in [1.82, 2.24) is 20.5 Å². The van der Waals surface area contributed by atoms with Crippen LogP contribution in [-0.4, -0.2) is 96.6 Å². The molecule has 0 radical (unpaired) electrons. The van der Waals surface area contributed by atoms with Gasteiger partial charge in [0.25, 0.3) is 0 Å². The fourth-order valence-corrected chi connectivity index (χ4v) is 7.02. The number of methoxy groups -OCH3 is 1. The molecule has 49 heavy (non-hydrogen) atoms. The first-order chi connectivity index (χ1) is 23.3. The summed E-state index contributed by atoms with van der Waals surface area (Å²) >= 11 is 0. The lowest BCUT2D eigenvalue weighted by Crippen LogP contribution is -2.58. The molecule has 2 N–H and O–H groups in total. The maximum absolute atomic E-state index is 14.6. The van der Waals surface area contributed by atoms with Crippen LogP contribution in [0.5, 0.6) is 11.6 Å². The van der Waals surface area contributed by atoms with Crippen LogP contribution in [0.3, 0.4) is 0 Å². The molecule has 1 aliphatic carbocycles. The van der Waals surface area contributed by atoms with Gasteiger partial charge in [0.1, 0.15) is 35.1 Å². The van der Waals surface area contributed by atoms with Crippen molar-refractivity contribution in [2.75, 3.05) is 33.5 Å².